The topological polar surface area (TPSA) is 79.5 Å². The molecule has 2 rings (SSSR count). The molecule has 0 saturated carbocycles. The zero-order chi connectivity index (χ0) is 32.6. The van der Waals surface area contributed by atoms with Crippen molar-refractivity contribution in [3.63, 3.8) is 0 Å². The summed E-state index contributed by atoms with van der Waals surface area (Å²) in [5, 5.41) is 9.42. The fourth-order valence-electron chi connectivity index (χ4n) is 5.01. The van der Waals surface area contributed by atoms with Crippen LogP contribution < -0.4 is 20.7 Å². The van der Waals surface area contributed by atoms with E-state index in [1.165, 1.54) is 6.07 Å². The molecule has 44 heavy (non-hydrogen) atoms. The fraction of sp³-hybridized carbons (Fsp3) is 0.556. The average molecular weight is 614 g/mol. The van der Waals surface area contributed by atoms with E-state index in [0.29, 0.717) is 37.5 Å². The second-order valence-corrected chi connectivity index (χ2v) is 12.3. The summed E-state index contributed by atoms with van der Waals surface area (Å²) in [7, 11) is 0. The Balaban J connectivity index is 2.00. The van der Waals surface area contributed by atoms with Crippen molar-refractivity contribution in [3.8, 4) is 5.75 Å². The standard InChI is InChI=1S/C36H53F2N3O3/c1-8-13-31(26(7)21-27-18-19-29(37)30(38)22-27)40-34(25(5)6)36(43)41-32(14-9-2)35(42)39-20-12-16-28-15-10-11-17-33(28)44-23-24(3)4/h10-11,13,15,17-19,22,24-26,32,34,40H,8-9,12,14,16,20-21,23H2,1-7H3,(H,39,42)(H,41,43)/b31-13-/t26-,32+,34-/m1/s1. The van der Waals surface area contributed by atoms with Gasteiger partial charge >= 0.3 is 0 Å². The number of rotatable bonds is 19. The van der Waals surface area contributed by atoms with E-state index in [2.05, 4.69) is 35.9 Å². The van der Waals surface area contributed by atoms with Gasteiger partial charge in [-0.15, -0.1) is 0 Å². The molecule has 3 atom stereocenters. The molecule has 0 aromatic heterocycles. The molecule has 0 heterocycles. The van der Waals surface area contributed by atoms with Gasteiger partial charge in [0.25, 0.3) is 0 Å². The predicted molar refractivity (Wildman–Crippen MR) is 174 cm³/mol. The first-order valence-electron chi connectivity index (χ1n) is 16.2. The molecule has 0 aliphatic carbocycles. The number of carbonyl (C=O) groups excluding carboxylic acids is 2. The van der Waals surface area contributed by atoms with Crippen LogP contribution in [0, 0.1) is 29.4 Å². The Hall–Kier alpha value is -3.42. The van der Waals surface area contributed by atoms with Gasteiger partial charge in [0, 0.05) is 12.2 Å². The van der Waals surface area contributed by atoms with Crippen LogP contribution in [0.1, 0.15) is 85.3 Å². The van der Waals surface area contributed by atoms with E-state index in [1.54, 1.807) is 6.07 Å². The van der Waals surface area contributed by atoms with Crippen molar-refractivity contribution < 1.29 is 23.1 Å². The number of aryl methyl sites for hydroxylation is 1. The maximum atomic E-state index is 13.8. The van der Waals surface area contributed by atoms with E-state index in [1.807, 2.05) is 58.9 Å². The van der Waals surface area contributed by atoms with Crippen LogP contribution in [0.15, 0.2) is 54.2 Å². The first-order chi connectivity index (χ1) is 21.0. The molecule has 2 aromatic carbocycles. The molecule has 0 saturated heterocycles. The first kappa shape index (κ1) is 36.8. The molecule has 0 radical (unpaired) electrons. The Morgan fingerprint density at radius 2 is 1.66 bits per heavy atom. The molecule has 6 nitrogen and oxygen atoms in total. The van der Waals surface area contributed by atoms with E-state index < -0.39 is 23.7 Å². The molecule has 0 aliphatic rings. The summed E-state index contributed by atoms with van der Waals surface area (Å²) in [5.74, 6) is -0.990. The van der Waals surface area contributed by atoms with E-state index in [-0.39, 0.29) is 23.7 Å². The number of allylic oxidation sites excluding steroid dienone is 2. The number of para-hydroxylation sites is 1. The lowest BCUT2D eigenvalue weighted by atomic mass is 9.94. The molecular weight excluding hydrogens is 560 g/mol. The summed E-state index contributed by atoms with van der Waals surface area (Å²) in [6, 6.07) is 10.7. The second-order valence-electron chi connectivity index (χ2n) is 12.3. The monoisotopic (exact) mass is 613 g/mol. The average Bonchev–Trinajstić information content (AvgIpc) is 2.98. The number of hydrogen-bond donors (Lipinski definition) is 3. The fourth-order valence-corrected chi connectivity index (χ4v) is 5.01. The summed E-state index contributed by atoms with van der Waals surface area (Å²) in [6.07, 6.45) is 6.04. The number of halogens is 2. The normalized spacial score (nSPS) is 13.8. The van der Waals surface area contributed by atoms with Crippen LogP contribution in [-0.4, -0.2) is 37.0 Å². The predicted octanol–water partition coefficient (Wildman–Crippen LogP) is 7.12. The van der Waals surface area contributed by atoms with Gasteiger partial charge in [0.15, 0.2) is 11.6 Å². The number of carbonyl (C=O) groups is 2. The summed E-state index contributed by atoms with van der Waals surface area (Å²) in [4.78, 5) is 26.7. The zero-order valence-corrected chi connectivity index (χ0v) is 27.6. The smallest absolute Gasteiger partial charge is 0.243 e. The Morgan fingerprint density at radius 3 is 2.30 bits per heavy atom. The maximum Gasteiger partial charge on any atom is 0.243 e. The minimum Gasteiger partial charge on any atom is -0.493 e. The number of benzene rings is 2. The summed E-state index contributed by atoms with van der Waals surface area (Å²) < 4.78 is 33.2. The summed E-state index contributed by atoms with van der Waals surface area (Å²) in [5.41, 5.74) is 2.65. The van der Waals surface area contributed by atoms with Crippen molar-refractivity contribution in [2.75, 3.05) is 13.2 Å². The van der Waals surface area contributed by atoms with E-state index in [4.69, 9.17) is 4.74 Å². The first-order valence-corrected chi connectivity index (χ1v) is 16.2. The minimum atomic E-state index is -0.872. The Bertz CT molecular complexity index is 1210. The summed E-state index contributed by atoms with van der Waals surface area (Å²) >= 11 is 0. The lowest BCUT2D eigenvalue weighted by Crippen LogP contribution is -2.54. The highest BCUT2D eigenvalue weighted by Gasteiger charge is 2.28. The maximum absolute atomic E-state index is 13.8. The van der Waals surface area contributed by atoms with Crippen molar-refractivity contribution in [2.45, 2.75) is 99.1 Å². The van der Waals surface area contributed by atoms with Crippen LogP contribution in [0.3, 0.4) is 0 Å². The van der Waals surface area contributed by atoms with Crippen LogP contribution in [0.5, 0.6) is 5.75 Å². The van der Waals surface area contributed by atoms with Gasteiger partial charge in [-0.05, 0) is 79.2 Å². The highest BCUT2D eigenvalue weighted by Crippen LogP contribution is 2.21. The van der Waals surface area contributed by atoms with Crippen molar-refractivity contribution >= 4 is 11.8 Å². The molecule has 244 valence electrons. The highest BCUT2D eigenvalue weighted by molar-refractivity contribution is 5.90. The molecular formula is C36H53F2N3O3. The van der Waals surface area contributed by atoms with E-state index in [0.717, 1.165) is 48.8 Å². The van der Waals surface area contributed by atoms with Gasteiger partial charge in [0.1, 0.15) is 17.8 Å². The molecule has 0 unspecified atom stereocenters. The van der Waals surface area contributed by atoms with Crippen LogP contribution in [0.4, 0.5) is 8.78 Å². The van der Waals surface area contributed by atoms with Crippen LogP contribution in [-0.2, 0) is 22.4 Å². The third-order valence-corrected chi connectivity index (χ3v) is 7.43. The molecule has 0 bridgehead atoms. The Kier molecular flexibility index (Phi) is 15.9. The number of ether oxygens (including phenoxy) is 1. The third-order valence-electron chi connectivity index (χ3n) is 7.43. The quantitative estimate of drug-likeness (QED) is 0.148. The second kappa shape index (κ2) is 19.1. The van der Waals surface area contributed by atoms with E-state index in [9.17, 15) is 18.4 Å². The van der Waals surface area contributed by atoms with Gasteiger partial charge in [-0.2, -0.15) is 0 Å². The molecule has 0 fully saturated rings. The number of nitrogens with one attached hydrogen (secondary N) is 3. The number of amides is 2. The van der Waals surface area contributed by atoms with Gasteiger partial charge in [-0.25, -0.2) is 8.78 Å². The van der Waals surface area contributed by atoms with Crippen molar-refractivity contribution in [1.82, 2.24) is 16.0 Å². The lowest BCUT2D eigenvalue weighted by Gasteiger charge is -2.29. The highest BCUT2D eigenvalue weighted by atomic mass is 19.2. The largest absolute Gasteiger partial charge is 0.493 e. The van der Waals surface area contributed by atoms with Gasteiger partial charge in [0.05, 0.1) is 6.61 Å². The molecule has 0 spiro atoms. The zero-order valence-electron chi connectivity index (χ0n) is 27.6. The molecule has 3 N–H and O–H groups in total. The summed E-state index contributed by atoms with van der Waals surface area (Å²) in [6.45, 7) is 15.3. The minimum absolute atomic E-state index is 0.0611. The Labute approximate surface area is 263 Å². The molecule has 2 amide bonds. The van der Waals surface area contributed by atoms with Crippen LogP contribution >= 0.6 is 0 Å². The molecule has 2 aromatic rings. The van der Waals surface area contributed by atoms with Crippen LogP contribution in [0.2, 0.25) is 0 Å². The van der Waals surface area contributed by atoms with Crippen molar-refractivity contribution in [3.05, 3.63) is 77.0 Å². The number of hydrogen-bond acceptors (Lipinski definition) is 4. The van der Waals surface area contributed by atoms with Gasteiger partial charge in [-0.3, -0.25) is 9.59 Å². The van der Waals surface area contributed by atoms with Crippen molar-refractivity contribution in [1.29, 1.82) is 0 Å². The molecule has 8 heteroatoms. The van der Waals surface area contributed by atoms with Gasteiger partial charge < -0.3 is 20.7 Å². The van der Waals surface area contributed by atoms with Crippen LogP contribution in [0.25, 0.3) is 0 Å². The van der Waals surface area contributed by atoms with Crippen molar-refractivity contribution in [2.24, 2.45) is 17.8 Å². The van der Waals surface area contributed by atoms with Gasteiger partial charge in [0.2, 0.25) is 11.8 Å². The van der Waals surface area contributed by atoms with E-state index >= 15 is 0 Å². The van der Waals surface area contributed by atoms with Gasteiger partial charge in [-0.1, -0.05) is 85.2 Å². The third kappa shape index (κ3) is 12.3. The lowest BCUT2D eigenvalue weighted by molar-refractivity contribution is -0.130. The Morgan fingerprint density at radius 1 is 0.932 bits per heavy atom. The SMILES string of the molecule is CC/C=C(\N[C@@H](C(=O)N[C@@H](CCC)C(=O)NCCCc1ccccc1OCC(C)C)C(C)C)[C@H](C)Cc1ccc(F)c(F)c1. The molecule has 0 aliphatic heterocycles.